The Hall–Kier alpha value is -2.65. The van der Waals surface area contributed by atoms with Crippen LogP contribution >= 0.6 is 22.7 Å². The number of hydrogen-bond acceptors (Lipinski definition) is 8. The zero-order chi connectivity index (χ0) is 17.1. The number of nitrogens with two attached hydrogens (primary N) is 1. The molecule has 7 nitrogen and oxygen atoms in total. The van der Waals surface area contributed by atoms with Crippen LogP contribution in [0.3, 0.4) is 0 Å². The second-order valence-electron chi connectivity index (χ2n) is 4.60. The predicted octanol–water partition coefficient (Wildman–Crippen LogP) is 3.12. The van der Waals surface area contributed by atoms with Crippen LogP contribution in [0.15, 0.2) is 29.0 Å². The lowest BCUT2D eigenvalue weighted by molar-refractivity contribution is 0.102. The van der Waals surface area contributed by atoms with E-state index in [0.29, 0.717) is 38.7 Å². The molecule has 0 unspecified atom stereocenters. The first-order valence-electron chi connectivity index (χ1n) is 6.81. The zero-order valence-corrected chi connectivity index (χ0v) is 14.5. The van der Waals surface area contributed by atoms with Gasteiger partial charge in [0.25, 0.3) is 5.91 Å². The van der Waals surface area contributed by atoms with Crippen molar-refractivity contribution in [1.82, 2.24) is 9.97 Å². The Morgan fingerprint density at radius 1 is 1.12 bits per heavy atom. The standard InChI is InChI=1S/C15H14N4O3S2/c1-21-11-5-3-4-8(12(11)22-2)13(20)19-15-18-10(7-24-15)9-6-23-14(16)17-9/h3-7H,1-2H3,(H2,16,17)(H,18,19,20). The molecule has 1 aromatic carbocycles. The van der Waals surface area contributed by atoms with Crippen LogP contribution in [0, 0.1) is 0 Å². The van der Waals surface area contributed by atoms with E-state index in [9.17, 15) is 4.79 Å². The zero-order valence-electron chi connectivity index (χ0n) is 12.9. The maximum Gasteiger partial charge on any atom is 0.261 e. The summed E-state index contributed by atoms with van der Waals surface area (Å²) in [7, 11) is 3.01. The Morgan fingerprint density at radius 2 is 1.88 bits per heavy atom. The maximum atomic E-state index is 12.5. The molecule has 2 aromatic heterocycles. The molecule has 3 aromatic rings. The van der Waals surface area contributed by atoms with E-state index in [1.807, 2.05) is 10.8 Å². The van der Waals surface area contributed by atoms with E-state index in [2.05, 4.69) is 15.3 Å². The highest BCUT2D eigenvalue weighted by Crippen LogP contribution is 2.32. The Labute approximate surface area is 146 Å². The topological polar surface area (TPSA) is 99.4 Å². The van der Waals surface area contributed by atoms with Gasteiger partial charge in [-0.1, -0.05) is 6.07 Å². The molecule has 0 fully saturated rings. The van der Waals surface area contributed by atoms with E-state index in [-0.39, 0.29) is 5.91 Å². The minimum Gasteiger partial charge on any atom is -0.493 e. The monoisotopic (exact) mass is 362 g/mol. The van der Waals surface area contributed by atoms with Crippen LogP contribution in [-0.2, 0) is 0 Å². The molecule has 0 saturated carbocycles. The van der Waals surface area contributed by atoms with Crippen LogP contribution < -0.4 is 20.5 Å². The van der Waals surface area contributed by atoms with E-state index in [1.54, 1.807) is 18.2 Å². The van der Waals surface area contributed by atoms with E-state index >= 15 is 0 Å². The number of methoxy groups -OCH3 is 2. The molecule has 2 heterocycles. The van der Waals surface area contributed by atoms with Gasteiger partial charge in [-0.05, 0) is 12.1 Å². The van der Waals surface area contributed by atoms with Crippen molar-refractivity contribution in [2.45, 2.75) is 0 Å². The summed E-state index contributed by atoms with van der Waals surface area (Å²) in [5, 5.41) is 7.33. The summed E-state index contributed by atoms with van der Waals surface area (Å²) in [5.41, 5.74) is 7.35. The van der Waals surface area contributed by atoms with Crippen molar-refractivity contribution in [3.63, 3.8) is 0 Å². The van der Waals surface area contributed by atoms with Crippen LogP contribution in [0.4, 0.5) is 10.3 Å². The molecule has 124 valence electrons. The number of hydrogen-bond donors (Lipinski definition) is 2. The number of carbonyl (C=O) groups is 1. The Kier molecular flexibility index (Phi) is 4.63. The molecule has 0 radical (unpaired) electrons. The first kappa shape index (κ1) is 16.2. The molecule has 0 aliphatic carbocycles. The molecule has 0 saturated heterocycles. The molecule has 0 atom stereocenters. The van der Waals surface area contributed by atoms with Gasteiger partial charge in [-0.15, -0.1) is 22.7 Å². The van der Waals surface area contributed by atoms with Gasteiger partial charge in [0.05, 0.1) is 19.8 Å². The Bertz CT molecular complexity index is 875. The fourth-order valence-corrected chi connectivity index (χ4v) is 3.34. The van der Waals surface area contributed by atoms with Crippen molar-refractivity contribution < 1.29 is 14.3 Å². The molecular formula is C15H14N4O3S2. The summed E-state index contributed by atoms with van der Waals surface area (Å²) >= 11 is 2.65. The molecule has 3 rings (SSSR count). The molecule has 1 amide bonds. The van der Waals surface area contributed by atoms with Gasteiger partial charge in [0, 0.05) is 10.8 Å². The lowest BCUT2D eigenvalue weighted by Crippen LogP contribution is -2.13. The number of nitrogens with one attached hydrogen (secondary N) is 1. The molecule has 0 aliphatic heterocycles. The largest absolute Gasteiger partial charge is 0.493 e. The lowest BCUT2D eigenvalue weighted by atomic mass is 10.1. The van der Waals surface area contributed by atoms with E-state index in [4.69, 9.17) is 15.2 Å². The minimum absolute atomic E-state index is 0.329. The number of nitrogen functional groups attached to an aromatic ring is 1. The molecule has 3 N–H and O–H groups in total. The maximum absolute atomic E-state index is 12.5. The normalized spacial score (nSPS) is 10.4. The molecule has 24 heavy (non-hydrogen) atoms. The summed E-state index contributed by atoms with van der Waals surface area (Å²) in [4.78, 5) is 21.0. The number of nitrogens with zero attached hydrogens (tertiary/aromatic N) is 2. The van der Waals surface area contributed by atoms with Crippen LogP contribution in [0.2, 0.25) is 0 Å². The number of benzene rings is 1. The van der Waals surface area contributed by atoms with Gasteiger partial charge < -0.3 is 15.2 Å². The number of anilines is 2. The number of para-hydroxylation sites is 1. The molecule has 9 heteroatoms. The van der Waals surface area contributed by atoms with E-state index in [1.165, 1.54) is 36.9 Å². The van der Waals surface area contributed by atoms with Crippen LogP contribution in [0.1, 0.15) is 10.4 Å². The number of thiazole rings is 2. The van der Waals surface area contributed by atoms with Crippen molar-refractivity contribution in [2.75, 3.05) is 25.3 Å². The summed E-state index contributed by atoms with van der Waals surface area (Å²) in [6.07, 6.45) is 0. The van der Waals surface area contributed by atoms with Crippen molar-refractivity contribution in [1.29, 1.82) is 0 Å². The van der Waals surface area contributed by atoms with Gasteiger partial charge in [-0.3, -0.25) is 10.1 Å². The number of aromatic nitrogens is 2. The summed E-state index contributed by atoms with van der Waals surface area (Å²) in [6, 6.07) is 5.11. The average molecular weight is 362 g/mol. The summed E-state index contributed by atoms with van der Waals surface area (Å²) in [6.45, 7) is 0. The highest BCUT2D eigenvalue weighted by Gasteiger charge is 2.18. The quantitative estimate of drug-likeness (QED) is 0.723. The van der Waals surface area contributed by atoms with Gasteiger partial charge in [-0.2, -0.15) is 0 Å². The van der Waals surface area contributed by atoms with Crippen LogP contribution in [0.25, 0.3) is 11.4 Å². The first-order valence-corrected chi connectivity index (χ1v) is 8.57. The minimum atomic E-state index is -0.329. The van der Waals surface area contributed by atoms with Crippen molar-refractivity contribution in [3.05, 3.63) is 34.5 Å². The number of rotatable bonds is 5. The van der Waals surface area contributed by atoms with Crippen molar-refractivity contribution in [3.8, 4) is 22.9 Å². The Morgan fingerprint density at radius 3 is 2.54 bits per heavy atom. The van der Waals surface area contributed by atoms with Gasteiger partial charge in [0.15, 0.2) is 21.8 Å². The SMILES string of the molecule is COc1cccc(C(=O)Nc2nc(-c3csc(N)n3)cs2)c1OC. The van der Waals surface area contributed by atoms with Crippen LogP contribution in [-0.4, -0.2) is 30.1 Å². The molecular weight excluding hydrogens is 348 g/mol. The molecule has 0 aliphatic rings. The number of amides is 1. The third-order valence-corrected chi connectivity index (χ3v) is 4.59. The first-order chi connectivity index (χ1) is 11.6. The highest BCUT2D eigenvalue weighted by atomic mass is 32.1. The van der Waals surface area contributed by atoms with Gasteiger partial charge in [-0.25, -0.2) is 9.97 Å². The van der Waals surface area contributed by atoms with Gasteiger partial charge >= 0.3 is 0 Å². The van der Waals surface area contributed by atoms with Crippen molar-refractivity contribution in [2.24, 2.45) is 0 Å². The predicted molar refractivity (Wildman–Crippen MR) is 95.1 cm³/mol. The molecule has 0 spiro atoms. The average Bonchev–Trinajstić information content (AvgIpc) is 3.22. The summed E-state index contributed by atoms with van der Waals surface area (Å²) < 4.78 is 10.5. The van der Waals surface area contributed by atoms with E-state index in [0.717, 1.165) is 0 Å². The van der Waals surface area contributed by atoms with Crippen molar-refractivity contribution >= 4 is 38.8 Å². The molecule has 0 bridgehead atoms. The van der Waals surface area contributed by atoms with E-state index < -0.39 is 0 Å². The highest BCUT2D eigenvalue weighted by molar-refractivity contribution is 7.14. The van der Waals surface area contributed by atoms with Gasteiger partial charge in [0.1, 0.15) is 11.4 Å². The number of carbonyl (C=O) groups excluding carboxylic acids is 1. The van der Waals surface area contributed by atoms with Gasteiger partial charge in [0.2, 0.25) is 0 Å². The number of ether oxygens (including phenoxy) is 2. The smallest absolute Gasteiger partial charge is 0.261 e. The second-order valence-corrected chi connectivity index (χ2v) is 6.35. The fraction of sp³-hybridized carbons (Fsp3) is 0.133. The summed E-state index contributed by atoms with van der Waals surface area (Å²) in [5.74, 6) is 0.536. The van der Waals surface area contributed by atoms with Crippen LogP contribution in [0.5, 0.6) is 11.5 Å². The third kappa shape index (κ3) is 3.17. The lowest BCUT2D eigenvalue weighted by Gasteiger charge is -2.11. The fourth-order valence-electron chi connectivity index (χ4n) is 2.08. The third-order valence-electron chi connectivity index (χ3n) is 3.16. The Balaban J connectivity index is 1.82. The second kappa shape index (κ2) is 6.85.